The Morgan fingerprint density at radius 2 is 1.77 bits per heavy atom. The summed E-state index contributed by atoms with van der Waals surface area (Å²) in [6.45, 7) is 3.20. The number of rotatable bonds is 4. The van der Waals surface area contributed by atoms with Crippen LogP contribution in [-0.4, -0.2) is 45.7 Å². The molecule has 1 fully saturated rings. The molecule has 2 aliphatic heterocycles. The van der Waals surface area contributed by atoms with E-state index in [1.165, 1.54) is 16.2 Å². The molecule has 9 nitrogen and oxygen atoms in total. The third-order valence-electron chi connectivity index (χ3n) is 6.39. The minimum Gasteiger partial charge on any atom is -0.306 e. The maximum atomic E-state index is 13.3. The molecule has 2 aromatic carbocycles. The first-order chi connectivity index (χ1) is 16.8. The fourth-order valence-electron chi connectivity index (χ4n) is 4.62. The molecular formula is C25H23N5O4S. The van der Waals surface area contributed by atoms with Gasteiger partial charge in [-0.2, -0.15) is 0 Å². The summed E-state index contributed by atoms with van der Waals surface area (Å²) in [5.74, 6) is -1.49. The number of nitrogens with zero attached hydrogens (tertiary/aromatic N) is 3. The van der Waals surface area contributed by atoms with Crippen molar-refractivity contribution in [2.75, 3.05) is 11.4 Å². The molecule has 1 atom stereocenters. The zero-order valence-electron chi connectivity index (χ0n) is 19.2. The van der Waals surface area contributed by atoms with E-state index in [1.54, 1.807) is 43.0 Å². The van der Waals surface area contributed by atoms with Gasteiger partial charge in [0.25, 0.3) is 17.7 Å². The lowest BCUT2D eigenvalue weighted by Gasteiger charge is -2.48. The highest BCUT2D eigenvalue weighted by atomic mass is 32.1. The number of aromatic nitrogens is 1. The van der Waals surface area contributed by atoms with Gasteiger partial charge in [0.1, 0.15) is 22.1 Å². The highest BCUT2D eigenvalue weighted by Crippen LogP contribution is 2.43. The number of para-hydroxylation sites is 1. The predicted octanol–water partition coefficient (Wildman–Crippen LogP) is 2.88. The van der Waals surface area contributed by atoms with Gasteiger partial charge in [-0.3, -0.25) is 34.9 Å². The molecule has 0 spiro atoms. The number of anilines is 1. The van der Waals surface area contributed by atoms with Crippen LogP contribution in [0.25, 0.3) is 10.6 Å². The van der Waals surface area contributed by atoms with E-state index in [4.69, 9.17) is 0 Å². The number of carbonyl (C=O) groups excluding carboxylic acids is 4. The summed E-state index contributed by atoms with van der Waals surface area (Å²) in [5.41, 5.74) is 6.24. The lowest BCUT2D eigenvalue weighted by molar-refractivity contribution is -0.124. The molecule has 0 saturated carbocycles. The summed E-state index contributed by atoms with van der Waals surface area (Å²) in [5, 5.41) is 0.705. The molecule has 0 radical (unpaired) electrons. The molecule has 35 heavy (non-hydrogen) atoms. The van der Waals surface area contributed by atoms with Crippen LogP contribution in [0.5, 0.6) is 0 Å². The van der Waals surface area contributed by atoms with Crippen molar-refractivity contribution >= 4 is 40.7 Å². The first kappa shape index (κ1) is 22.7. The number of fused-ring (bicyclic) bond motifs is 3. The van der Waals surface area contributed by atoms with E-state index < -0.39 is 17.5 Å². The highest BCUT2D eigenvalue weighted by Gasteiger charge is 2.53. The molecular weight excluding hydrogens is 466 g/mol. The van der Waals surface area contributed by atoms with Crippen molar-refractivity contribution < 1.29 is 19.2 Å². The second-order valence-corrected chi connectivity index (χ2v) is 9.66. The Kier molecular flexibility index (Phi) is 5.60. The van der Waals surface area contributed by atoms with Crippen LogP contribution in [0.4, 0.5) is 5.69 Å². The Bertz CT molecular complexity index is 1350. The predicted molar refractivity (Wildman–Crippen MR) is 130 cm³/mol. The van der Waals surface area contributed by atoms with E-state index in [0.29, 0.717) is 33.3 Å². The number of aryl methyl sites for hydroxylation is 1. The summed E-state index contributed by atoms with van der Waals surface area (Å²) in [6, 6.07) is 16.4. The average Bonchev–Trinajstić information content (AvgIpc) is 3.40. The van der Waals surface area contributed by atoms with Crippen LogP contribution >= 0.6 is 11.3 Å². The molecule has 4 amide bonds. The SMILES string of the molecule is Cc1nc(-c2ccccc2)sc1C(=O)NNC(=O)CN1C(=O)c2ccccc2N2C(=O)CCC12C. The lowest BCUT2D eigenvalue weighted by Crippen LogP contribution is -2.64. The molecule has 10 heteroatoms. The molecule has 1 saturated heterocycles. The molecule has 2 aliphatic rings. The Balaban J connectivity index is 1.29. The van der Waals surface area contributed by atoms with E-state index >= 15 is 0 Å². The number of carbonyl (C=O) groups is 4. The zero-order chi connectivity index (χ0) is 24.7. The zero-order valence-corrected chi connectivity index (χ0v) is 20.0. The van der Waals surface area contributed by atoms with Crippen LogP contribution in [-0.2, 0) is 9.59 Å². The summed E-state index contributed by atoms with van der Waals surface area (Å²) >= 11 is 1.23. The fraction of sp³-hybridized carbons (Fsp3) is 0.240. The first-order valence-corrected chi connectivity index (χ1v) is 12.0. The molecule has 3 aromatic rings. The number of hydrogen-bond acceptors (Lipinski definition) is 6. The average molecular weight is 490 g/mol. The van der Waals surface area contributed by atoms with Crippen molar-refractivity contribution in [1.82, 2.24) is 20.7 Å². The maximum Gasteiger partial charge on any atom is 0.281 e. The van der Waals surface area contributed by atoms with Gasteiger partial charge < -0.3 is 4.90 Å². The number of benzene rings is 2. The van der Waals surface area contributed by atoms with Gasteiger partial charge in [-0.05, 0) is 32.4 Å². The van der Waals surface area contributed by atoms with Gasteiger partial charge in [-0.15, -0.1) is 11.3 Å². The van der Waals surface area contributed by atoms with Gasteiger partial charge in [-0.1, -0.05) is 42.5 Å². The van der Waals surface area contributed by atoms with Gasteiger partial charge in [-0.25, -0.2) is 4.98 Å². The number of hydrazine groups is 1. The lowest BCUT2D eigenvalue weighted by atomic mass is 9.98. The van der Waals surface area contributed by atoms with Crippen LogP contribution in [0.3, 0.4) is 0 Å². The van der Waals surface area contributed by atoms with Crippen molar-refractivity contribution in [1.29, 1.82) is 0 Å². The van der Waals surface area contributed by atoms with E-state index in [9.17, 15) is 19.2 Å². The van der Waals surface area contributed by atoms with Gasteiger partial charge in [0, 0.05) is 12.0 Å². The molecule has 1 unspecified atom stereocenters. The van der Waals surface area contributed by atoms with Crippen LogP contribution in [0.2, 0.25) is 0 Å². The minimum absolute atomic E-state index is 0.0962. The first-order valence-electron chi connectivity index (χ1n) is 11.2. The second kappa shape index (κ2) is 8.62. The van der Waals surface area contributed by atoms with E-state index in [-0.39, 0.29) is 24.8 Å². The Labute approximate surface area is 205 Å². The van der Waals surface area contributed by atoms with Crippen LogP contribution in [0.15, 0.2) is 54.6 Å². The second-order valence-electron chi connectivity index (χ2n) is 8.66. The van der Waals surface area contributed by atoms with Crippen molar-refractivity contribution in [2.24, 2.45) is 0 Å². The van der Waals surface area contributed by atoms with E-state index in [0.717, 1.165) is 5.56 Å². The van der Waals surface area contributed by atoms with Crippen LogP contribution < -0.4 is 15.8 Å². The van der Waals surface area contributed by atoms with Gasteiger partial charge >= 0.3 is 0 Å². The molecule has 178 valence electrons. The van der Waals surface area contributed by atoms with Gasteiger partial charge in [0.2, 0.25) is 5.91 Å². The number of thiazole rings is 1. The summed E-state index contributed by atoms with van der Waals surface area (Å²) in [6.07, 6.45) is 0.690. The molecule has 1 aromatic heterocycles. The monoisotopic (exact) mass is 489 g/mol. The Morgan fingerprint density at radius 1 is 1.06 bits per heavy atom. The standard InChI is InChI=1S/C25H23N5O4S/c1-15-21(35-23(26-15)16-8-4-3-5-9-16)22(33)28-27-19(31)14-29-24(34)17-10-6-7-11-18(17)30-20(32)12-13-25(29,30)2/h3-11H,12-14H2,1-2H3,(H,27,31)(H,28,33). The van der Waals surface area contributed by atoms with Gasteiger partial charge in [0.15, 0.2) is 0 Å². The van der Waals surface area contributed by atoms with E-state index in [2.05, 4.69) is 15.8 Å². The van der Waals surface area contributed by atoms with Gasteiger partial charge in [0.05, 0.1) is 16.9 Å². The summed E-state index contributed by atoms with van der Waals surface area (Å²) in [4.78, 5) is 59.3. The molecule has 5 rings (SSSR count). The normalized spacial score (nSPS) is 18.8. The maximum absolute atomic E-state index is 13.3. The summed E-state index contributed by atoms with van der Waals surface area (Å²) in [7, 11) is 0. The highest BCUT2D eigenvalue weighted by molar-refractivity contribution is 7.17. The minimum atomic E-state index is -0.956. The van der Waals surface area contributed by atoms with Crippen molar-refractivity contribution in [3.8, 4) is 10.6 Å². The Hall–Kier alpha value is -4.05. The smallest absolute Gasteiger partial charge is 0.281 e. The topological polar surface area (TPSA) is 112 Å². The van der Waals surface area contributed by atoms with Crippen LogP contribution in [0.1, 0.15) is 45.5 Å². The fourth-order valence-corrected chi connectivity index (χ4v) is 5.59. The van der Waals surface area contributed by atoms with Crippen LogP contribution in [0, 0.1) is 6.92 Å². The largest absolute Gasteiger partial charge is 0.306 e. The van der Waals surface area contributed by atoms with Crippen molar-refractivity contribution in [3.63, 3.8) is 0 Å². The number of nitrogens with one attached hydrogen (secondary N) is 2. The quantitative estimate of drug-likeness (QED) is 0.548. The molecule has 0 bridgehead atoms. The molecule has 3 heterocycles. The summed E-state index contributed by atoms with van der Waals surface area (Å²) < 4.78 is 0. The third kappa shape index (κ3) is 3.85. The third-order valence-corrected chi connectivity index (χ3v) is 7.59. The van der Waals surface area contributed by atoms with Crippen molar-refractivity contribution in [3.05, 3.63) is 70.7 Å². The van der Waals surface area contributed by atoms with E-state index in [1.807, 2.05) is 30.3 Å². The van der Waals surface area contributed by atoms with Crippen molar-refractivity contribution in [2.45, 2.75) is 32.4 Å². The number of amides is 4. The number of hydrogen-bond donors (Lipinski definition) is 2. The molecule has 2 N–H and O–H groups in total. The Morgan fingerprint density at radius 3 is 2.54 bits per heavy atom. The molecule has 0 aliphatic carbocycles.